The van der Waals surface area contributed by atoms with Gasteiger partial charge in [0.25, 0.3) is 0 Å². The van der Waals surface area contributed by atoms with Gasteiger partial charge in [-0.2, -0.15) is 0 Å². The monoisotopic (exact) mass is 227 g/mol. The van der Waals surface area contributed by atoms with E-state index in [9.17, 15) is 9.36 Å². The van der Waals surface area contributed by atoms with Crippen LogP contribution in [-0.2, 0) is 14.0 Å². The van der Waals surface area contributed by atoms with Crippen molar-refractivity contribution in [3.63, 3.8) is 0 Å². The summed E-state index contributed by atoms with van der Waals surface area (Å²) in [5.41, 5.74) is 0. The van der Waals surface area contributed by atoms with Crippen molar-refractivity contribution in [2.75, 3.05) is 6.61 Å². The van der Waals surface area contributed by atoms with E-state index in [1.165, 1.54) is 0 Å². The predicted molar refractivity (Wildman–Crippen MR) is 50.9 cm³/mol. The van der Waals surface area contributed by atoms with Crippen LogP contribution in [0.15, 0.2) is 30.3 Å². The summed E-state index contributed by atoms with van der Waals surface area (Å²) < 4.78 is 25.8. The molecule has 1 fully saturated rings. The van der Waals surface area contributed by atoms with Gasteiger partial charge in [0.1, 0.15) is 0 Å². The number of rotatable bonds is 3. The molecule has 1 heterocycles. The maximum atomic E-state index is 11.5. The van der Waals surface area contributed by atoms with Crippen molar-refractivity contribution < 1.29 is 23.4 Å². The van der Waals surface area contributed by atoms with Gasteiger partial charge in [0, 0.05) is 0 Å². The van der Waals surface area contributed by atoms with Crippen LogP contribution in [0.1, 0.15) is 0 Å². The van der Waals surface area contributed by atoms with Gasteiger partial charge in [0.05, 0.1) is 0 Å². The molecular weight excluding hydrogens is 219 g/mol. The van der Waals surface area contributed by atoms with Gasteiger partial charge < -0.3 is 9.47 Å². The van der Waals surface area contributed by atoms with Gasteiger partial charge in [-0.3, -0.25) is 4.52 Å². The third-order valence-electron chi connectivity index (χ3n) is 1.75. The third-order valence-corrected chi connectivity index (χ3v) is 2.87. The van der Waals surface area contributed by atoms with Gasteiger partial charge in [0.2, 0.25) is 0 Å². The molecule has 0 radical (unpaired) electrons. The summed E-state index contributed by atoms with van der Waals surface area (Å²) in [7, 11) is -2.10. The third kappa shape index (κ3) is 2.44. The zero-order valence-electron chi connectivity index (χ0n) is 7.66. The van der Waals surface area contributed by atoms with E-state index in [-0.39, 0.29) is 6.61 Å². The predicted octanol–water partition coefficient (Wildman–Crippen LogP) is 2.30. The van der Waals surface area contributed by atoms with Crippen LogP contribution >= 0.6 is 8.03 Å². The molecule has 2 rings (SSSR count). The average molecular weight is 227 g/mol. The summed E-state index contributed by atoms with van der Waals surface area (Å²) in [6.07, 6.45) is -0.806. The fraction of sp³-hybridized carbons (Fsp3) is 0.222. The van der Waals surface area contributed by atoms with Crippen molar-refractivity contribution in [2.24, 2.45) is 0 Å². The van der Waals surface area contributed by atoms with Crippen LogP contribution in [0, 0.1) is 0 Å². The first kappa shape index (κ1) is 9.93. The Labute approximate surface area is 86.8 Å². The molecule has 0 amide bonds. The van der Waals surface area contributed by atoms with Crippen LogP contribution in [0.2, 0.25) is 0 Å². The highest BCUT2D eigenvalue weighted by Crippen LogP contribution is 2.35. The van der Waals surface area contributed by atoms with Crippen molar-refractivity contribution in [1.29, 1.82) is 0 Å². The lowest BCUT2D eigenvalue weighted by atomic mass is 10.3. The van der Waals surface area contributed by atoms with Gasteiger partial charge in [-0.1, -0.05) is 18.2 Å². The van der Waals surface area contributed by atoms with Crippen molar-refractivity contribution in [1.82, 2.24) is 0 Å². The van der Waals surface area contributed by atoms with Gasteiger partial charge in [-0.25, -0.2) is 4.79 Å². The van der Waals surface area contributed by atoms with Crippen molar-refractivity contribution in [2.45, 2.75) is 5.85 Å². The highest BCUT2D eigenvalue weighted by molar-refractivity contribution is 7.40. The Morgan fingerprint density at radius 3 is 2.67 bits per heavy atom. The zero-order valence-corrected chi connectivity index (χ0v) is 8.55. The van der Waals surface area contributed by atoms with E-state index < -0.39 is 20.0 Å². The fourth-order valence-electron chi connectivity index (χ4n) is 1.07. The molecule has 15 heavy (non-hydrogen) atoms. The first-order valence-corrected chi connectivity index (χ1v) is 5.53. The number of ether oxygens (including phenoxy) is 2. The van der Waals surface area contributed by atoms with Crippen molar-refractivity contribution in [3.8, 4) is 5.75 Å². The minimum Gasteiger partial charge on any atom is -0.425 e. The molecule has 2 unspecified atom stereocenters. The lowest BCUT2D eigenvalue weighted by Gasteiger charge is -1.94. The molecule has 1 aliphatic heterocycles. The summed E-state index contributed by atoms with van der Waals surface area (Å²) in [5.74, 6) is -0.339. The summed E-state index contributed by atoms with van der Waals surface area (Å²) in [5, 5.41) is 0. The Kier molecular flexibility index (Phi) is 2.83. The van der Waals surface area contributed by atoms with Crippen LogP contribution in [0.4, 0.5) is 4.79 Å². The van der Waals surface area contributed by atoms with Crippen LogP contribution in [0.5, 0.6) is 5.75 Å². The SMILES string of the molecule is O=C1OCC([P+](=O)Oc2ccccc2)O1. The fourth-order valence-corrected chi connectivity index (χ4v) is 1.88. The number of carbonyl (C=O) groups excluding carboxylic acids is 1. The highest BCUT2D eigenvalue weighted by Gasteiger charge is 2.44. The molecule has 1 aromatic rings. The lowest BCUT2D eigenvalue weighted by molar-refractivity contribution is 0.127. The second kappa shape index (κ2) is 4.28. The molecule has 0 spiro atoms. The molecular formula is C9H8O5P+. The van der Waals surface area contributed by atoms with Crippen molar-refractivity contribution >= 4 is 14.2 Å². The van der Waals surface area contributed by atoms with E-state index in [0.717, 1.165) is 0 Å². The second-order valence-corrected chi connectivity index (χ2v) is 4.15. The summed E-state index contributed by atoms with van der Waals surface area (Å²) in [4.78, 5) is 10.6. The molecule has 6 heteroatoms. The van der Waals surface area contributed by atoms with Crippen LogP contribution in [0.25, 0.3) is 0 Å². The Hall–Kier alpha value is -1.61. The van der Waals surface area contributed by atoms with E-state index in [1.807, 2.05) is 6.07 Å². The first-order chi connectivity index (χ1) is 7.25. The van der Waals surface area contributed by atoms with Crippen LogP contribution < -0.4 is 4.52 Å². The minimum absolute atomic E-state index is 0.0269. The summed E-state index contributed by atoms with van der Waals surface area (Å²) in [6.45, 7) is -0.0269. The van der Waals surface area contributed by atoms with Crippen LogP contribution in [-0.4, -0.2) is 18.6 Å². The normalized spacial score (nSPS) is 20.4. The number of hydrogen-bond acceptors (Lipinski definition) is 5. The molecule has 0 saturated carbocycles. The van der Waals surface area contributed by atoms with Gasteiger partial charge in [0.15, 0.2) is 12.4 Å². The molecule has 0 N–H and O–H groups in total. The number of para-hydroxylation sites is 1. The molecule has 0 aliphatic carbocycles. The molecule has 78 valence electrons. The smallest absolute Gasteiger partial charge is 0.425 e. The maximum absolute atomic E-state index is 11.5. The number of hydrogen-bond donors (Lipinski definition) is 0. The second-order valence-electron chi connectivity index (χ2n) is 2.82. The quantitative estimate of drug-likeness (QED) is 0.585. The molecule has 0 bridgehead atoms. The van der Waals surface area contributed by atoms with Gasteiger partial charge >= 0.3 is 20.0 Å². The Balaban J connectivity index is 1.96. The van der Waals surface area contributed by atoms with E-state index >= 15 is 0 Å². The maximum Gasteiger partial charge on any atom is 0.605 e. The first-order valence-electron chi connectivity index (χ1n) is 4.28. The van der Waals surface area contributed by atoms with Crippen molar-refractivity contribution in [3.05, 3.63) is 30.3 Å². The highest BCUT2D eigenvalue weighted by atomic mass is 31.1. The molecule has 1 aromatic carbocycles. The molecule has 0 aromatic heterocycles. The van der Waals surface area contributed by atoms with E-state index in [1.54, 1.807) is 24.3 Å². The van der Waals surface area contributed by atoms with Crippen LogP contribution in [0.3, 0.4) is 0 Å². The Morgan fingerprint density at radius 1 is 1.33 bits per heavy atom. The van der Waals surface area contributed by atoms with E-state index in [0.29, 0.717) is 5.75 Å². The average Bonchev–Trinajstić information content (AvgIpc) is 2.66. The largest absolute Gasteiger partial charge is 0.605 e. The Bertz CT molecular complexity index is 377. The Morgan fingerprint density at radius 2 is 2.07 bits per heavy atom. The topological polar surface area (TPSA) is 61.8 Å². The standard InChI is InChI=1S/C9H8O5P/c10-9-12-6-8(13-9)15(11)14-7-4-2-1-3-5-7/h1-5,8H,6H2/q+1. The molecule has 1 aliphatic rings. The zero-order chi connectivity index (χ0) is 10.7. The van der Waals surface area contributed by atoms with Gasteiger partial charge in [-0.05, 0) is 16.7 Å². The molecule has 5 nitrogen and oxygen atoms in total. The number of cyclic esters (lactones) is 2. The lowest BCUT2D eigenvalue weighted by Crippen LogP contribution is -2.06. The minimum atomic E-state index is -2.10. The number of benzene rings is 1. The molecule has 1 saturated heterocycles. The number of carbonyl (C=O) groups is 1. The van der Waals surface area contributed by atoms with E-state index in [4.69, 9.17) is 4.52 Å². The molecule has 2 atom stereocenters. The van der Waals surface area contributed by atoms with E-state index in [2.05, 4.69) is 9.47 Å². The summed E-state index contributed by atoms with van der Waals surface area (Å²) >= 11 is 0. The van der Waals surface area contributed by atoms with Gasteiger partial charge in [-0.15, -0.1) is 0 Å². The summed E-state index contributed by atoms with van der Waals surface area (Å²) in [6, 6.07) is 8.68.